The van der Waals surface area contributed by atoms with Crippen molar-refractivity contribution in [2.24, 2.45) is 0 Å². The van der Waals surface area contributed by atoms with E-state index in [9.17, 15) is 23.1 Å². The number of carbonyl (C=O) groups excluding carboxylic acids is 1. The van der Waals surface area contributed by atoms with Crippen LogP contribution in [-0.2, 0) is 4.74 Å². The summed E-state index contributed by atoms with van der Waals surface area (Å²) in [6.45, 7) is 2.05. The van der Waals surface area contributed by atoms with Gasteiger partial charge in [-0.15, -0.1) is 0 Å². The van der Waals surface area contributed by atoms with Crippen molar-refractivity contribution in [3.05, 3.63) is 23.0 Å². The van der Waals surface area contributed by atoms with Gasteiger partial charge in [-0.2, -0.15) is 4.39 Å². The number of rotatable bonds is 8. The van der Waals surface area contributed by atoms with Crippen molar-refractivity contribution in [3.8, 4) is 11.5 Å². The first-order valence-corrected chi connectivity index (χ1v) is 7.17. The van der Waals surface area contributed by atoms with Gasteiger partial charge in [-0.3, -0.25) is 0 Å². The number of esters is 1. The number of phenols is 2. The van der Waals surface area contributed by atoms with Gasteiger partial charge in [-0.25, -0.2) is 13.6 Å². The summed E-state index contributed by atoms with van der Waals surface area (Å²) in [6.07, 6.45) is 5.60. The van der Waals surface area contributed by atoms with E-state index in [0.717, 1.165) is 32.1 Å². The van der Waals surface area contributed by atoms with Gasteiger partial charge in [0.15, 0.2) is 23.1 Å². The van der Waals surface area contributed by atoms with Gasteiger partial charge in [0.2, 0.25) is 5.82 Å². The molecule has 124 valence electrons. The topological polar surface area (TPSA) is 66.8 Å². The maximum atomic E-state index is 13.5. The fraction of sp³-hybridized carbons (Fsp3) is 0.533. The molecule has 0 aliphatic rings. The number of halogens is 3. The largest absolute Gasteiger partial charge is 0.504 e. The van der Waals surface area contributed by atoms with Gasteiger partial charge in [0.25, 0.3) is 0 Å². The number of unbranched alkanes of at least 4 members (excludes halogenated alkanes) is 5. The molecule has 0 saturated carbocycles. The zero-order valence-corrected chi connectivity index (χ0v) is 12.3. The van der Waals surface area contributed by atoms with E-state index in [1.807, 2.05) is 0 Å². The molecule has 0 amide bonds. The second-order valence-electron chi connectivity index (χ2n) is 4.92. The van der Waals surface area contributed by atoms with Gasteiger partial charge < -0.3 is 14.9 Å². The molecule has 0 radical (unpaired) electrons. The Bertz CT molecular complexity index is 503. The number of ether oxygens (including phenoxy) is 1. The number of benzene rings is 1. The van der Waals surface area contributed by atoms with Crippen molar-refractivity contribution in [1.82, 2.24) is 0 Å². The van der Waals surface area contributed by atoms with Crippen LogP contribution in [0.1, 0.15) is 55.8 Å². The molecule has 0 fully saturated rings. The molecule has 0 aromatic heterocycles. The third-order valence-corrected chi connectivity index (χ3v) is 3.21. The minimum absolute atomic E-state index is 0.0381. The van der Waals surface area contributed by atoms with Crippen molar-refractivity contribution < 1.29 is 32.9 Å². The van der Waals surface area contributed by atoms with Crippen LogP contribution in [0.5, 0.6) is 11.5 Å². The molecule has 7 heteroatoms. The standard InChI is InChI=1S/C15H19F3O4/c1-2-3-4-5-6-7-8-22-15(21)9-10(16)11(17)12(18)14(20)13(9)19/h19-20H,2-8H2,1H3. The Hall–Kier alpha value is -1.92. The van der Waals surface area contributed by atoms with Crippen molar-refractivity contribution in [2.45, 2.75) is 45.4 Å². The fourth-order valence-corrected chi connectivity index (χ4v) is 1.94. The molecular weight excluding hydrogens is 301 g/mol. The molecule has 0 heterocycles. The van der Waals surface area contributed by atoms with Gasteiger partial charge in [0.05, 0.1) is 6.61 Å². The molecule has 0 saturated heterocycles. The van der Waals surface area contributed by atoms with Gasteiger partial charge >= 0.3 is 5.97 Å². The molecule has 4 nitrogen and oxygen atoms in total. The molecule has 1 aromatic rings. The summed E-state index contributed by atoms with van der Waals surface area (Å²) in [5, 5.41) is 18.5. The number of phenolic OH excluding ortho intramolecular Hbond substituents is 2. The predicted molar refractivity (Wildman–Crippen MR) is 73.3 cm³/mol. The molecule has 0 bridgehead atoms. The zero-order chi connectivity index (χ0) is 16.7. The maximum Gasteiger partial charge on any atom is 0.345 e. The van der Waals surface area contributed by atoms with E-state index in [0.29, 0.717) is 6.42 Å². The van der Waals surface area contributed by atoms with Crippen molar-refractivity contribution in [3.63, 3.8) is 0 Å². The van der Waals surface area contributed by atoms with E-state index in [2.05, 4.69) is 6.92 Å². The van der Waals surface area contributed by atoms with E-state index in [1.165, 1.54) is 0 Å². The second-order valence-corrected chi connectivity index (χ2v) is 4.92. The molecule has 22 heavy (non-hydrogen) atoms. The van der Waals surface area contributed by atoms with Crippen molar-refractivity contribution >= 4 is 5.97 Å². The normalized spacial score (nSPS) is 10.7. The van der Waals surface area contributed by atoms with E-state index in [4.69, 9.17) is 9.84 Å². The summed E-state index contributed by atoms with van der Waals surface area (Å²) in [5.41, 5.74) is -1.21. The minimum Gasteiger partial charge on any atom is -0.504 e. The highest BCUT2D eigenvalue weighted by Gasteiger charge is 2.29. The number of hydrogen-bond acceptors (Lipinski definition) is 4. The van der Waals surface area contributed by atoms with Crippen LogP contribution >= 0.6 is 0 Å². The van der Waals surface area contributed by atoms with Gasteiger partial charge in [-0.05, 0) is 6.42 Å². The first kappa shape index (κ1) is 18.1. The molecule has 0 aliphatic carbocycles. The molecular formula is C15H19F3O4. The number of aromatic hydroxyl groups is 2. The van der Waals surface area contributed by atoms with E-state index < -0.39 is 40.5 Å². The monoisotopic (exact) mass is 320 g/mol. The SMILES string of the molecule is CCCCCCCCOC(=O)c1c(O)c(O)c(F)c(F)c1F. The van der Waals surface area contributed by atoms with Crippen LogP contribution in [0, 0.1) is 17.5 Å². The molecule has 0 atom stereocenters. The summed E-state index contributed by atoms with van der Waals surface area (Å²) in [7, 11) is 0. The Kier molecular flexibility index (Phi) is 7.01. The third-order valence-electron chi connectivity index (χ3n) is 3.21. The zero-order valence-electron chi connectivity index (χ0n) is 12.3. The summed E-state index contributed by atoms with van der Waals surface area (Å²) in [4.78, 5) is 11.6. The van der Waals surface area contributed by atoms with Crippen LogP contribution < -0.4 is 0 Å². The third kappa shape index (κ3) is 4.29. The highest BCUT2D eigenvalue weighted by molar-refractivity contribution is 5.93. The maximum absolute atomic E-state index is 13.5. The predicted octanol–water partition coefficient (Wildman–Crippen LogP) is 4.03. The second kappa shape index (κ2) is 8.51. The average Bonchev–Trinajstić information content (AvgIpc) is 2.50. The van der Waals surface area contributed by atoms with Crippen molar-refractivity contribution in [1.29, 1.82) is 0 Å². The lowest BCUT2D eigenvalue weighted by Crippen LogP contribution is -2.11. The summed E-state index contributed by atoms with van der Waals surface area (Å²) in [6, 6.07) is 0. The average molecular weight is 320 g/mol. The smallest absolute Gasteiger partial charge is 0.345 e. The fourth-order valence-electron chi connectivity index (χ4n) is 1.94. The summed E-state index contributed by atoms with van der Waals surface area (Å²) >= 11 is 0. The quantitative estimate of drug-likeness (QED) is 0.328. The van der Waals surface area contributed by atoms with Crippen LogP contribution in [0.2, 0.25) is 0 Å². The number of carbonyl (C=O) groups is 1. The molecule has 1 rings (SSSR count). The number of hydrogen-bond donors (Lipinski definition) is 2. The highest BCUT2D eigenvalue weighted by atomic mass is 19.2. The van der Waals surface area contributed by atoms with E-state index in [-0.39, 0.29) is 6.61 Å². The summed E-state index contributed by atoms with van der Waals surface area (Å²) < 4.78 is 44.3. The first-order valence-electron chi connectivity index (χ1n) is 7.17. The Morgan fingerprint density at radius 2 is 1.50 bits per heavy atom. The molecule has 0 unspecified atom stereocenters. The first-order chi connectivity index (χ1) is 10.4. The Balaban J connectivity index is 2.60. The van der Waals surface area contributed by atoms with Gasteiger partial charge in [0.1, 0.15) is 5.56 Å². The van der Waals surface area contributed by atoms with Crippen LogP contribution in [-0.4, -0.2) is 22.8 Å². The van der Waals surface area contributed by atoms with E-state index >= 15 is 0 Å². The Morgan fingerprint density at radius 1 is 0.909 bits per heavy atom. The molecule has 2 N–H and O–H groups in total. The molecule has 0 aliphatic heterocycles. The van der Waals surface area contributed by atoms with E-state index in [1.54, 1.807) is 0 Å². The summed E-state index contributed by atoms with van der Waals surface area (Å²) in [5.74, 6) is -10.1. The lowest BCUT2D eigenvalue weighted by molar-refractivity contribution is 0.0486. The van der Waals surface area contributed by atoms with Gasteiger partial charge in [-0.1, -0.05) is 39.0 Å². The lowest BCUT2D eigenvalue weighted by Gasteiger charge is -2.10. The van der Waals surface area contributed by atoms with Crippen molar-refractivity contribution in [2.75, 3.05) is 6.61 Å². The lowest BCUT2D eigenvalue weighted by atomic mass is 10.1. The minimum atomic E-state index is -2.04. The Morgan fingerprint density at radius 3 is 2.14 bits per heavy atom. The Labute approximate surface area is 126 Å². The van der Waals surface area contributed by atoms with Crippen LogP contribution in [0.4, 0.5) is 13.2 Å². The molecule has 1 aromatic carbocycles. The highest BCUT2D eigenvalue weighted by Crippen LogP contribution is 2.36. The van der Waals surface area contributed by atoms with Crippen LogP contribution in [0.15, 0.2) is 0 Å². The van der Waals surface area contributed by atoms with Crippen LogP contribution in [0.25, 0.3) is 0 Å². The molecule has 0 spiro atoms. The van der Waals surface area contributed by atoms with Crippen LogP contribution in [0.3, 0.4) is 0 Å². The van der Waals surface area contributed by atoms with Gasteiger partial charge in [0, 0.05) is 0 Å².